The molecule has 1 unspecified atom stereocenters. The maximum absolute atomic E-state index is 13.0. The molecule has 1 aromatic carbocycles. The Hall–Kier alpha value is -3.35. The summed E-state index contributed by atoms with van der Waals surface area (Å²) in [4.78, 5) is 17.2. The number of fused-ring (bicyclic) bond motifs is 1. The number of aryl methyl sites for hydroxylation is 1. The first kappa shape index (κ1) is 19.9. The van der Waals surface area contributed by atoms with Crippen molar-refractivity contribution >= 4 is 5.91 Å². The van der Waals surface area contributed by atoms with Gasteiger partial charge < -0.3 is 14.8 Å². The van der Waals surface area contributed by atoms with Crippen molar-refractivity contribution in [3.63, 3.8) is 0 Å². The second-order valence-corrected chi connectivity index (χ2v) is 7.51. The Bertz CT molecular complexity index is 1090. The van der Waals surface area contributed by atoms with E-state index in [0.29, 0.717) is 11.4 Å². The van der Waals surface area contributed by atoms with E-state index >= 15 is 0 Å². The van der Waals surface area contributed by atoms with Crippen molar-refractivity contribution in [2.24, 2.45) is 0 Å². The van der Waals surface area contributed by atoms with Crippen LogP contribution in [0.5, 0.6) is 11.8 Å². The molecule has 0 bridgehead atoms. The topological polar surface area (TPSA) is 78.3 Å². The van der Waals surface area contributed by atoms with Crippen LogP contribution >= 0.6 is 0 Å². The molecule has 1 aliphatic rings. The van der Waals surface area contributed by atoms with E-state index in [-0.39, 0.29) is 17.8 Å². The van der Waals surface area contributed by atoms with Crippen LogP contribution in [0, 0.1) is 13.8 Å². The van der Waals surface area contributed by atoms with Gasteiger partial charge in [-0.1, -0.05) is 12.1 Å². The van der Waals surface area contributed by atoms with Crippen molar-refractivity contribution in [3.8, 4) is 17.4 Å². The summed E-state index contributed by atoms with van der Waals surface area (Å²) in [5.41, 5.74) is 6.13. The molecule has 0 saturated carbocycles. The van der Waals surface area contributed by atoms with Crippen LogP contribution in [0.4, 0.5) is 0 Å². The van der Waals surface area contributed by atoms with E-state index in [1.165, 1.54) is 25.3 Å². The lowest BCUT2D eigenvalue weighted by Gasteiger charge is -2.25. The third kappa shape index (κ3) is 3.51. The van der Waals surface area contributed by atoms with Gasteiger partial charge in [-0.15, -0.1) is 0 Å². The minimum Gasteiger partial charge on any atom is -0.481 e. The molecule has 0 spiro atoms. The van der Waals surface area contributed by atoms with Crippen LogP contribution in [-0.4, -0.2) is 34.9 Å². The summed E-state index contributed by atoms with van der Waals surface area (Å²) in [6, 6.07) is 9.47. The van der Waals surface area contributed by atoms with Crippen LogP contribution < -0.4 is 14.8 Å². The summed E-state index contributed by atoms with van der Waals surface area (Å²) in [6.45, 7) is 4.22. The Morgan fingerprint density at radius 3 is 2.77 bits per heavy atom. The summed E-state index contributed by atoms with van der Waals surface area (Å²) in [5, 5.41) is 7.81. The van der Waals surface area contributed by atoms with Gasteiger partial charge in [0, 0.05) is 17.3 Å². The van der Waals surface area contributed by atoms with Crippen LogP contribution in [0.3, 0.4) is 0 Å². The number of benzene rings is 1. The average Bonchev–Trinajstić information content (AvgIpc) is 3.20. The van der Waals surface area contributed by atoms with Crippen molar-refractivity contribution in [1.29, 1.82) is 0 Å². The van der Waals surface area contributed by atoms with Gasteiger partial charge in [-0.2, -0.15) is 10.1 Å². The van der Waals surface area contributed by atoms with Gasteiger partial charge in [-0.3, -0.25) is 4.79 Å². The second kappa shape index (κ2) is 8.18. The summed E-state index contributed by atoms with van der Waals surface area (Å²) in [5.74, 6) is 0.423. The third-order valence-corrected chi connectivity index (χ3v) is 5.77. The molecule has 3 aromatic rings. The van der Waals surface area contributed by atoms with E-state index in [9.17, 15) is 4.79 Å². The fourth-order valence-corrected chi connectivity index (χ4v) is 3.98. The highest BCUT2D eigenvalue weighted by Crippen LogP contribution is 2.32. The van der Waals surface area contributed by atoms with Crippen molar-refractivity contribution < 1.29 is 14.3 Å². The van der Waals surface area contributed by atoms with Crippen molar-refractivity contribution in [3.05, 3.63) is 64.5 Å². The molecule has 4 rings (SSSR count). The van der Waals surface area contributed by atoms with Gasteiger partial charge in [0.05, 0.1) is 32.1 Å². The number of aromatic nitrogens is 3. The summed E-state index contributed by atoms with van der Waals surface area (Å²) < 4.78 is 12.4. The van der Waals surface area contributed by atoms with Gasteiger partial charge in [-0.25, -0.2) is 4.68 Å². The lowest BCUT2D eigenvalue weighted by Crippen LogP contribution is -2.31. The summed E-state index contributed by atoms with van der Waals surface area (Å²) in [7, 11) is 3.02. The third-order valence-electron chi connectivity index (χ3n) is 5.77. The zero-order valence-corrected chi connectivity index (χ0v) is 17.7. The molecule has 0 aliphatic heterocycles. The van der Waals surface area contributed by atoms with Gasteiger partial charge in [0.2, 0.25) is 11.8 Å². The van der Waals surface area contributed by atoms with Crippen molar-refractivity contribution in [2.45, 2.75) is 39.2 Å². The van der Waals surface area contributed by atoms with Gasteiger partial charge in [0.1, 0.15) is 5.56 Å². The molecule has 1 aliphatic carbocycles. The van der Waals surface area contributed by atoms with E-state index in [4.69, 9.17) is 9.47 Å². The Kier molecular flexibility index (Phi) is 5.44. The minimum absolute atomic E-state index is 0.105. The molecule has 1 amide bonds. The van der Waals surface area contributed by atoms with Crippen LogP contribution in [0.2, 0.25) is 0 Å². The maximum atomic E-state index is 13.0. The second-order valence-electron chi connectivity index (χ2n) is 7.51. The molecular weight excluding hydrogens is 380 g/mol. The van der Waals surface area contributed by atoms with Gasteiger partial charge in [0.25, 0.3) is 5.91 Å². The Labute approximate surface area is 176 Å². The van der Waals surface area contributed by atoms with E-state index in [0.717, 1.165) is 36.2 Å². The first-order valence-electron chi connectivity index (χ1n) is 10.1. The number of ether oxygens (including phenoxy) is 2. The Morgan fingerprint density at radius 2 is 2.00 bits per heavy atom. The largest absolute Gasteiger partial charge is 0.481 e. The molecule has 1 N–H and O–H groups in total. The summed E-state index contributed by atoms with van der Waals surface area (Å²) in [6.07, 6.45) is 4.66. The molecule has 0 fully saturated rings. The zero-order chi connectivity index (χ0) is 21.3. The molecular formula is C23H26N4O3. The van der Waals surface area contributed by atoms with Crippen LogP contribution in [0.1, 0.15) is 51.6 Å². The van der Waals surface area contributed by atoms with Crippen molar-refractivity contribution in [1.82, 2.24) is 20.1 Å². The zero-order valence-electron chi connectivity index (χ0n) is 17.7. The number of carbonyl (C=O) groups excluding carboxylic acids is 1. The number of nitrogens with zero attached hydrogens (tertiary/aromatic N) is 3. The number of nitrogens with one attached hydrogen (secondary N) is 1. The normalized spacial score (nSPS) is 15.4. The number of rotatable bonds is 5. The fraction of sp³-hybridized carbons (Fsp3) is 0.348. The predicted octanol–water partition coefficient (Wildman–Crippen LogP) is 3.71. The lowest BCUT2D eigenvalue weighted by atomic mass is 9.92. The quantitative estimate of drug-likeness (QED) is 0.699. The van der Waals surface area contributed by atoms with Crippen molar-refractivity contribution in [2.75, 3.05) is 14.2 Å². The highest BCUT2D eigenvalue weighted by Gasteiger charge is 2.28. The van der Waals surface area contributed by atoms with Crippen LogP contribution in [0.15, 0.2) is 36.5 Å². The number of amides is 1. The summed E-state index contributed by atoms with van der Waals surface area (Å²) >= 11 is 0. The minimum atomic E-state index is -0.223. The number of hydrogen-bond donors (Lipinski definition) is 1. The first-order chi connectivity index (χ1) is 14.5. The monoisotopic (exact) mass is 406 g/mol. The van der Waals surface area contributed by atoms with E-state index < -0.39 is 0 Å². The highest BCUT2D eigenvalue weighted by molar-refractivity contribution is 5.96. The number of carbonyl (C=O) groups is 1. The number of pyridine rings is 1. The molecule has 30 heavy (non-hydrogen) atoms. The van der Waals surface area contributed by atoms with Crippen LogP contribution in [0.25, 0.3) is 5.69 Å². The smallest absolute Gasteiger partial charge is 0.257 e. The standard InChI is InChI=1S/C23H26N4O3/c1-14-7-5-9-19(15(14)2)27-20-10-6-8-18(17(20)13-24-27)25-22(28)16-11-12-21(29-3)26-23(16)30-4/h5,7,9,11-13,18H,6,8,10H2,1-4H3,(H,25,28). The van der Waals surface area contributed by atoms with Crippen LogP contribution in [-0.2, 0) is 6.42 Å². The molecule has 0 radical (unpaired) electrons. The molecule has 2 aromatic heterocycles. The average molecular weight is 406 g/mol. The van der Waals surface area contributed by atoms with E-state index in [1.54, 1.807) is 12.1 Å². The first-order valence-corrected chi connectivity index (χ1v) is 10.1. The predicted molar refractivity (Wildman–Crippen MR) is 114 cm³/mol. The number of hydrogen-bond acceptors (Lipinski definition) is 5. The number of methoxy groups -OCH3 is 2. The Morgan fingerprint density at radius 1 is 1.17 bits per heavy atom. The molecule has 156 valence electrons. The van der Waals surface area contributed by atoms with E-state index in [1.807, 2.05) is 10.9 Å². The maximum Gasteiger partial charge on any atom is 0.257 e. The fourth-order valence-electron chi connectivity index (χ4n) is 3.98. The Balaban J connectivity index is 1.63. The highest BCUT2D eigenvalue weighted by atomic mass is 16.5. The molecule has 7 heteroatoms. The SMILES string of the molecule is COc1ccc(C(=O)NC2CCCc3c2cnn3-c2cccc(C)c2C)c(OC)n1. The van der Waals surface area contributed by atoms with Gasteiger partial charge >= 0.3 is 0 Å². The lowest BCUT2D eigenvalue weighted by molar-refractivity contribution is 0.0928. The molecule has 7 nitrogen and oxygen atoms in total. The molecule has 0 saturated heterocycles. The molecule has 2 heterocycles. The van der Waals surface area contributed by atoms with Gasteiger partial charge in [0.15, 0.2) is 0 Å². The molecule has 1 atom stereocenters. The van der Waals surface area contributed by atoms with Gasteiger partial charge in [-0.05, 0) is 56.4 Å². The van der Waals surface area contributed by atoms with E-state index in [2.05, 4.69) is 47.4 Å².